The molecule has 29 heavy (non-hydrogen) atoms. The van der Waals surface area contributed by atoms with Crippen LogP contribution in [0.2, 0.25) is 0 Å². The molecule has 0 radical (unpaired) electrons. The molecule has 0 aliphatic carbocycles. The molecule has 5 heteroatoms. The van der Waals surface area contributed by atoms with Gasteiger partial charge in [-0.3, -0.25) is 9.20 Å². The Morgan fingerprint density at radius 1 is 1.00 bits per heavy atom. The van der Waals surface area contributed by atoms with Crippen LogP contribution in [0, 0.1) is 6.92 Å². The van der Waals surface area contributed by atoms with E-state index >= 15 is 0 Å². The van der Waals surface area contributed by atoms with E-state index in [1.165, 1.54) is 0 Å². The molecule has 2 aromatic heterocycles. The molecule has 0 fully saturated rings. The van der Waals surface area contributed by atoms with Crippen LogP contribution < -0.4 is 10.1 Å². The van der Waals surface area contributed by atoms with Crippen molar-refractivity contribution < 1.29 is 9.53 Å². The first-order chi connectivity index (χ1) is 14.1. The van der Waals surface area contributed by atoms with Crippen molar-refractivity contribution in [2.45, 2.75) is 26.8 Å². The third-order valence-electron chi connectivity index (χ3n) is 4.74. The number of hydrogen-bond donors (Lipinski definition) is 1. The highest BCUT2D eigenvalue weighted by molar-refractivity contribution is 5.94. The first kappa shape index (κ1) is 18.7. The highest BCUT2D eigenvalue weighted by Gasteiger charge is 2.18. The second-order valence-corrected chi connectivity index (χ2v) is 6.94. The number of hydrogen-bond acceptors (Lipinski definition) is 3. The van der Waals surface area contributed by atoms with Crippen LogP contribution in [0.1, 0.15) is 34.2 Å². The normalized spacial score (nSPS) is 10.8. The largest absolute Gasteiger partial charge is 0.457 e. The topological polar surface area (TPSA) is 55.6 Å². The first-order valence-electron chi connectivity index (χ1n) is 9.71. The lowest BCUT2D eigenvalue weighted by molar-refractivity contribution is 0.0944. The minimum absolute atomic E-state index is 0.121. The molecule has 4 rings (SSSR count). The van der Waals surface area contributed by atoms with Crippen LogP contribution in [-0.2, 0) is 13.0 Å². The lowest BCUT2D eigenvalue weighted by Gasteiger charge is -2.09. The molecule has 0 bridgehead atoms. The van der Waals surface area contributed by atoms with E-state index < -0.39 is 0 Å². The summed E-state index contributed by atoms with van der Waals surface area (Å²) >= 11 is 0. The molecule has 4 aromatic rings. The monoisotopic (exact) mass is 385 g/mol. The number of fused-ring (bicyclic) bond motifs is 1. The SMILES string of the molecule is CCc1nc2ccc(C)cn2c1C(=O)NCc1ccc(Oc2ccccc2)cc1. The number of rotatable bonds is 6. The summed E-state index contributed by atoms with van der Waals surface area (Å²) in [6, 6.07) is 21.3. The average molecular weight is 385 g/mol. The molecule has 0 aliphatic rings. The minimum Gasteiger partial charge on any atom is -0.457 e. The minimum atomic E-state index is -0.121. The van der Waals surface area contributed by atoms with Gasteiger partial charge in [-0.1, -0.05) is 43.3 Å². The smallest absolute Gasteiger partial charge is 0.270 e. The molecule has 146 valence electrons. The average Bonchev–Trinajstić information content (AvgIpc) is 3.11. The molecular weight excluding hydrogens is 362 g/mol. The van der Waals surface area contributed by atoms with E-state index in [2.05, 4.69) is 10.3 Å². The van der Waals surface area contributed by atoms with Gasteiger partial charge in [-0.25, -0.2) is 4.98 Å². The number of amides is 1. The molecule has 0 unspecified atom stereocenters. The summed E-state index contributed by atoms with van der Waals surface area (Å²) in [5.74, 6) is 1.44. The summed E-state index contributed by atoms with van der Waals surface area (Å²) in [6.45, 7) is 4.45. The van der Waals surface area contributed by atoms with Crippen molar-refractivity contribution in [2.24, 2.45) is 0 Å². The fourth-order valence-corrected chi connectivity index (χ4v) is 3.25. The Morgan fingerprint density at radius 2 is 1.72 bits per heavy atom. The van der Waals surface area contributed by atoms with Crippen molar-refractivity contribution in [3.63, 3.8) is 0 Å². The second kappa shape index (κ2) is 8.19. The highest BCUT2D eigenvalue weighted by atomic mass is 16.5. The van der Waals surface area contributed by atoms with Gasteiger partial charge in [-0.2, -0.15) is 0 Å². The predicted octanol–water partition coefficient (Wildman–Crippen LogP) is 4.93. The van der Waals surface area contributed by atoms with Gasteiger partial charge in [0.25, 0.3) is 5.91 Å². The third kappa shape index (κ3) is 4.14. The molecule has 2 heterocycles. The zero-order valence-electron chi connectivity index (χ0n) is 16.6. The van der Waals surface area contributed by atoms with E-state index in [0.717, 1.165) is 34.0 Å². The molecule has 1 N–H and O–H groups in total. The zero-order chi connectivity index (χ0) is 20.2. The number of carbonyl (C=O) groups excluding carboxylic acids is 1. The van der Waals surface area contributed by atoms with E-state index in [-0.39, 0.29) is 5.91 Å². The number of benzene rings is 2. The maximum atomic E-state index is 12.9. The molecule has 0 saturated heterocycles. The van der Waals surface area contributed by atoms with Crippen LogP contribution in [0.15, 0.2) is 72.9 Å². The van der Waals surface area contributed by atoms with Crippen molar-refractivity contribution in [1.29, 1.82) is 0 Å². The summed E-state index contributed by atoms with van der Waals surface area (Å²) in [6.07, 6.45) is 2.65. The number of ether oxygens (including phenoxy) is 1. The third-order valence-corrected chi connectivity index (χ3v) is 4.74. The lowest BCUT2D eigenvalue weighted by atomic mass is 10.2. The van der Waals surface area contributed by atoms with Gasteiger partial charge >= 0.3 is 0 Å². The highest BCUT2D eigenvalue weighted by Crippen LogP contribution is 2.21. The molecule has 0 saturated carbocycles. The van der Waals surface area contributed by atoms with Crippen molar-refractivity contribution in [3.8, 4) is 11.5 Å². The molecule has 5 nitrogen and oxygen atoms in total. The molecule has 0 spiro atoms. The van der Waals surface area contributed by atoms with Gasteiger partial charge in [0.05, 0.1) is 5.69 Å². The molecule has 1 amide bonds. The summed E-state index contributed by atoms with van der Waals surface area (Å²) in [4.78, 5) is 17.5. The lowest BCUT2D eigenvalue weighted by Crippen LogP contribution is -2.25. The summed E-state index contributed by atoms with van der Waals surface area (Å²) in [7, 11) is 0. The number of imidazole rings is 1. The molecule has 0 atom stereocenters. The van der Waals surface area contributed by atoms with E-state index in [1.807, 2.05) is 91.2 Å². The van der Waals surface area contributed by atoms with Crippen LogP contribution in [0.25, 0.3) is 5.65 Å². The number of pyridine rings is 1. The molecular formula is C24H23N3O2. The van der Waals surface area contributed by atoms with Crippen LogP contribution in [0.5, 0.6) is 11.5 Å². The molecule has 0 aliphatic heterocycles. The number of nitrogens with one attached hydrogen (secondary N) is 1. The summed E-state index contributed by atoms with van der Waals surface area (Å²) in [5.41, 5.74) is 4.29. The number of nitrogens with zero attached hydrogens (tertiary/aromatic N) is 2. The van der Waals surface area contributed by atoms with Crippen LogP contribution in [0.3, 0.4) is 0 Å². The summed E-state index contributed by atoms with van der Waals surface area (Å²) in [5, 5.41) is 3.02. The van der Waals surface area contributed by atoms with Gasteiger partial charge in [0.2, 0.25) is 0 Å². The zero-order valence-corrected chi connectivity index (χ0v) is 16.6. The van der Waals surface area contributed by atoms with Crippen molar-refractivity contribution in [3.05, 3.63) is 95.4 Å². The second-order valence-electron chi connectivity index (χ2n) is 6.94. The number of aromatic nitrogens is 2. The Labute approximate surface area is 170 Å². The van der Waals surface area contributed by atoms with E-state index in [1.54, 1.807) is 0 Å². The fraction of sp³-hybridized carbons (Fsp3) is 0.167. The van der Waals surface area contributed by atoms with Gasteiger partial charge in [0, 0.05) is 12.7 Å². The maximum Gasteiger partial charge on any atom is 0.270 e. The Bertz CT molecular complexity index is 1130. The van der Waals surface area contributed by atoms with Crippen LogP contribution in [0.4, 0.5) is 0 Å². The first-order valence-corrected chi connectivity index (χ1v) is 9.71. The molecule has 2 aromatic carbocycles. The van der Waals surface area contributed by atoms with Crippen LogP contribution >= 0.6 is 0 Å². The van der Waals surface area contributed by atoms with E-state index in [9.17, 15) is 4.79 Å². The quantitative estimate of drug-likeness (QED) is 0.512. The predicted molar refractivity (Wildman–Crippen MR) is 113 cm³/mol. The Hall–Kier alpha value is -3.60. The Kier molecular flexibility index (Phi) is 5.29. The van der Waals surface area contributed by atoms with Crippen molar-refractivity contribution in [1.82, 2.24) is 14.7 Å². The van der Waals surface area contributed by atoms with E-state index in [0.29, 0.717) is 18.7 Å². The maximum absolute atomic E-state index is 12.9. The number of para-hydroxylation sites is 1. The van der Waals surface area contributed by atoms with Gasteiger partial charge in [-0.05, 0) is 54.8 Å². The standard InChI is InChI=1S/C24H23N3O2/c1-3-21-23(27-16-17(2)9-14-22(27)26-21)24(28)25-15-18-10-12-20(13-11-18)29-19-7-5-4-6-8-19/h4-14,16H,3,15H2,1-2H3,(H,25,28). The summed E-state index contributed by atoms with van der Waals surface area (Å²) < 4.78 is 7.68. The fourth-order valence-electron chi connectivity index (χ4n) is 3.25. The van der Waals surface area contributed by atoms with Gasteiger partial charge < -0.3 is 10.1 Å². The Balaban J connectivity index is 1.46. The Morgan fingerprint density at radius 3 is 2.45 bits per heavy atom. The van der Waals surface area contributed by atoms with Crippen LogP contribution in [-0.4, -0.2) is 15.3 Å². The van der Waals surface area contributed by atoms with Gasteiger partial charge in [0.1, 0.15) is 22.8 Å². The van der Waals surface area contributed by atoms with Gasteiger partial charge in [-0.15, -0.1) is 0 Å². The number of carbonyl (C=O) groups is 1. The number of aryl methyl sites for hydroxylation is 2. The van der Waals surface area contributed by atoms with Crippen molar-refractivity contribution in [2.75, 3.05) is 0 Å². The van der Waals surface area contributed by atoms with Crippen molar-refractivity contribution >= 4 is 11.6 Å². The van der Waals surface area contributed by atoms with Gasteiger partial charge in [0.15, 0.2) is 0 Å². The van der Waals surface area contributed by atoms with E-state index in [4.69, 9.17) is 4.74 Å².